The second-order valence-electron chi connectivity index (χ2n) is 8.11. The fourth-order valence-electron chi connectivity index (χ4n) is 2.78. The molecule has 0 amide bonds. The van der Waals surface area contributed by atoms with Crippen LogP contribution in [0.15, 0.2) is 36.3 Å². The zero-order valence-electron chi connectivity index (χ0n) is 21.4. The molecule has 2 heterocycles. The maximum atomic E-state index is 10.3. The average Bonchev–Trinajstić information content (AvgIpc) is 3.41. The Labute approximate surface area is 216 Å². The van der Waals surface area contributed by atoms with E-state index in [1.54, 1.807) is 29.7 Å². The Morgan fingerprint density at radius 2 is 1.46 bits per heavy atom. The fraction of sp³-hybridized carbons (Fsp3) is 0.565. The van der Waals surface area contributed by atoms with Gasteiger partial charge in [-0.3, -0.25) is 10.1 Å². The number of nitrogens with two attached hydrogens (primary N) is 1. The molecule has 0 fully saturated rings. The van der Waals surface area contributed by atoms with Gasteiger partial charge in [-0.15, -0.1) is 22.7 Å². The summed E-state index contributed by atoms with van der Waals surface area (Å²) in [5, 5.41) is 15.9. The number of hydrogen-bond donors (Lipinski definition) is 3. The van der Waals surface area contributed by atoms with E-state index in [0.29, 0.717) is 45.3 Å². The van der Waals surface area contributed by atoms with Gasteiger partial charge in [0.05, 0.1) is 31.4 Å². The van der Waals surface area contributed by atoms with Gasteiger partial charge in [-0.05, 0) is 52.5 Å². The molecule has 0 unspecified atom stereocenters. The molecule has 35 heavy (non-hydrogen) atoms. The SMILES string of the molecule is CN(C)Cc1ccc(COCCN)s1.CNC(=C[N+](=O)[O-])NCCOCc1ccc(CN(C)C)s1. The van der Waals surface area contributed by atoms with Crippen LogP contribution in [0.5, 0.6) is 0 Å². The molecular formula is C23H40N6O4S2. The van der Waals surface area contributed by atoms with Crippen LogP contribution in [0.4, 0.5) is 0 Å². The smallest absolute Gasteiger partial charge is 0.274 e. The summed E-state index contributed by atoms with van der Waals surface area (Å²) in [5.74, 6) is 0.369. The van der Waals surface area contributed by atoms with Crippen LogP contribution in [0.25, 0.3) is 0 Å². The monoisotopic (exact) mass is 528 g/mol. The molecule has 0 aliphatic heterocycles. The van der Waals surface area contributed by atoms with Gasteiger partial charge in [0.1, 0.15) is 0 Å². The summed E-state index contributed by atoms with van der Waals surface area (Å²) in [4.78, 5) is 19.3. The highest BCUT2D eigenvalue weighted by Gasteiger charge is 2.03. The lowest BCUT2D eigenvalue weighted by Crippen LogP contribution is -2.27. The van der Waals surface area contributed by atoms with E-state index in [4.69, 9.17) is 15.2 Å². The van der Waals surface area contributed by atoms with E-state index in [9.17, 15) is 10.1 Å². The molecule has 0 aliphatic rings. The van der Waals surface area contributed by atoms with Crippen molar-refractivity contribution in [1.82, 2.24) is 20.4 Å². The Bertz CT molecular complexity index is 870. The molecule has 0 bridgehead atoms. The van der Waals surface area contributed by atoms with Gasteiger partial charge in [-0.2, -0.15) is 0 Å². The number of thiophene rings is 2. The van der Waals surface area contributed by atoms with Crippen LogP contribution in [-0.2, 0) is 35.8 Å². The molecule has 0 aromatic carbocycles. The number of rotatable bonds is 16. The first-order chi connectivity index (χ1) is 16.7. The van der Waals surface area contributed by atoms with Crippen molar-refractivity contribution < 1.29 is 14.4 Å². The largest absolute Gasteiger partial charge is 0.375 e. The van der Waals surface area contributed by atoms with E-state index in [1.807, 2.05) is 14.1 Å². The molecule has 198 valence electrons. The Morgan fingerprint density at radius 1 is 0.971 bits per heavy atom. The highest BCUT2D eigenvalue weighted by Crippen LogP contribution is 2.19. The highest BCUT2D eigenvalue weighted by molar-refractivity contribution is 7.12. The molecule has 0 atom stereocenters. The average molecular weight is 529 g/mol. The minimum atomic E-state index is -0.502. The number of hydrogen-bond acceptors (Lipinski definition) is 11. The molecule has 0 saturated carbocycles. The third-order valence-corrected chi connectivity index (χ3v) is 6.28. The lowest BCUT2D eigenvalue weighted by atomic mass is 10.4. The molecule has 0 saturated heterocycles. The Morgan fingerprint density at radius 3 is 1.89 bits per heavy atom. The summed E-state index contributed by atoms with van der Waals surface area (Å²) < 4.78 is 10.9. The molecular weight excluding hydrogens is 488 g/mol. The predicted octanol–water partition coefficient (Wildman–Crippen LogP) is 2.50. The second-order valence-corrected chi connectivity index (χ2v) is 10.6. The Hall–Kier alpha value is -2.06. The standard InChI is InChI=1S/C13H22N4O3S.C10H18N2OS/c1-14-13(9-17(18)19)15-6-7-20-10-12-5-4-11(21-12)8-16(2)3;1-12(2)7-9-3-4-10(14-9)8-13-6-5-11/h4-5,9,14-15H,6-8,10H2,1-3H3;3-4H,5-8,11H2,1-2H3. The highest BCUT2D eigenvalue weighted by atomic mass is 32.1. The van der Waals surface area contributed by atoms with E-state index in [1.165, 1.54) is 19.5 Å². The van der Waals surface area contributed by atoms with Crippen LogP contribution in [0.3, 0.4) is 0 Å². The van der Waals surface area contributed by atoms with Crippen molar-refractivity contribution in [3.05, 3.63) is 65.9 Å². The second kappa shape index (κ2) is 18.2. The number of nitro groups is 1. The van der Waals surface area contributed by atoms with Gasteiger partial charge in [-0.25, -0.2) is 0 Å². The van der Waals surface area contributed by atoms with E-state index in [-0.39, 0.29) is 0 Å². The molecule has 2 rings (SSSR count). The minimum absolute atomic E-state index is 0.369. The van der Waals surface area contributed by atoms with Crippen LogP contribution < -0.4 is 16.4 Å². The molecule has 0 radical (unpaired) electrons. The first-order valence-corrected chi connectivity index (χ1v) is 12.9. The van der Waals surface area contributed by atoms with E-state index >= 15 is 0 Å². The molecule has 2 aromatic rings. The topological polar surface area (TPSA) is 118 Å². The van der Waals surface area contributed by atoms with Crippen LogP contribution in [0.2, 0.25) is 0 Å². The molecule has 12 heteroatoms. The summed E-state index contributed by atoms with van der Waals surface area (Å²) in [6.07, 6.45) is 0.896. The zero-order chi connectivity index (χ0) is 26.1. The van der Waals surface area contributed by atoms with Gasteiger partial charge in [0.25, 0.3) is 6.20 Å². The Kier molecular flexibility index (Phi) is 16.1. The number of ether oxygens (including phenoxy) is 2. The molecule has 0 aliphatic carbocycles. The molecule has 10 nitrogen and oxygen atoms in total. The number of nitrogens with zero attached hydrogens (tertiary/aromatic N) is 3. The van der Waals surface area contributed by atoms with Gasteiger partial charge in [-0.1, -0.05) is 0 Å². The zero-order valence-corrected chi connectivity index (χ0v) is 23.0. The molecule has 0 spiro atoms. The van der Waals surface area contributed by atoms with Crippen molar-refractivity contribution in [3.63, 3.8) is 0 Å². The minimum Gasteiger partial charge on any atom is -0.375 e. The lowest BCUT2D eigenvalue weighted by molar-refractivity contribution is -0.404. The predicted molar refractivity (Wildman–Crippen MR) is 144 cm³/mol. The summed E-state index contributed by atoms with van der Waals surface area (Å²) in [6, 6.07) is 8.47. The lowest BCUT2D eigenvalue weighted by Gasteiger charge is -2.08. The fourth-order valence-corrected chi connectivity index (χ4v) is 4.93. The quantitative estimate of drug-likeness (QED) is 0.172. The normalized spacial score (nSPS) is 11.5. The third-order valence-electron chi connectivity index (χ3n) is 4.20. The first kappa shape index (κ1) is 31.0. The van der Waals surface area contributed by atoms with Crippen molar-refractivity contribution in [3.8, 4) is 0 Å². The van der Waals surface area contributed by atoms with Gasteiger partial charge in [0.15, 0.2) is 5.82 Å². The first-order valence-electron chi connectivity index (χ1n) is 11.3. The van der Waals surface area contributed by atoms with Crippen LogP contribution in [0, 0.1) is 10.1 Å². The number of nitrogens with one attached hydrogen (secondary N) is 2. The maximum absolute atomic E-state index is 10.3. The van der Waals surface area contributed by atoms with E-state index in [2.05, 4.69) is 58.8 Å². The third kappa shape index (κ3) is 15.5. The van der Waals surface area contributed by atoms with Crippen molar-refractivity contribution >= 4 is 22.7 Å². The Balaban J connectivity index is 0.000000379. The van der Waals surface area contributed by atoms with Crippen molar-refractivity contribution in [2.24, 2.45) is 5.73 Å². The van der Waals surface area contributed by atoms with Crippen LogP contribution in [0.1, 0.15) is 19.5 Å². The van der Waals surface area contributed by atoms with Gasteiger partial charge in [0, 0.05) is 52.7 Å². The summed E-state index contributed by atoms with van der Waals surface area (Å²) in [5.41, 5.74) is 5.34. The van der Waals surface area contributed by atoms with Crippen molar-refractivity contribution in [1.29, 1.82) is 0 Å². The summed E-state index contributed by atoms with van der Waals surface area (Å²) >= 11 is 3.54. The molecule has 4 N–H and O–H groups in total. The molecule has 2 aromatic heterocycles. The van der Waals surface area contributed by atoms with E-state index < -0.39 is 4.92 Å². The van der Waals surface area contributed by atoms with Gasteiger partial charge >= 0.3 is 0 Å². The van der Waals surface area contributed by atoms with Gasteiger partial charge < -0.3 is 35.6 Å². The summed E-state index contributed by atoms with van der Waals surface area (Å²) in [6.45, 7) is 5.42. The summed E-state index contributed by atoms with van der Waals surface area (Å²) in [7, 11) is 9.86. The van der Waals surface area contributed by atoms with Crippen LogP contribution in [-0.4, -0.2) is 76.3 Å². The maximum Gasteiger partial charge on any atom is 0.274 e. The van der Waals surface area contributed by atoms with Gasteiger partial charge in [0.2, 0.25) is 0 Å². The van der Waals surface area contributed by atoms with Crippen LogP contribution >= 0.6 is 22.7 Å². The van der Waals surface area contributed by atoms with E-state index in [0.717, 1.165) is 19.3 Å². The van der Waals surface area contributed by atoms with Crippen molar-refractivity contribution in [2.45, 2.75) is 26.3 Å². The van der Waals surface area contributed by atoms with Crippen molar-refractivity contribution in [2.75, 3.05) is 61.5 Å².